The van der Waals surface area contributed by atoms with Crippen molar-refractivity contribution in [1.82, 2.24) is 0 Å². The first-order chi connectivity index (χ1) is 10.3. The molecule has 0 unspecified atom stereocenters. The molecule has 2 fully saturated rings. The number of ether oxygens (including phenoxy) is 1. The van der Waals surface area contributed by atoms with Crippen LogP contribution in [0.3, 0.4) is 0 Å². The van der Waals surface area contributed by atoms with Crippen molar-refractivity contribution in [3.63, 3.8) is 0 Å². The van der Waals surface area contributed by atoms with Crippen LogP contribution < -0.4 is 10.2 Å². The maximum atomic E-state index is 6.25. The molecule has 0 atom stereocenters. The van der Waals surface area contributed by atoms with Crippen LogP contribution in [0.1, 0.15) is 58.9 Å². The van der Waals surface area contributed by atoms with Crippen LogP contribution in [-0.4, -0.2) is 24.4 Å². The standard InChI is InChI=1S/C18H27BO3/c1-13-10-11-16(20-14-8-6-7-9-14)15(12-13)19-21-17(2,3)18(4,5)22-19/h10-12,14H,6-9H2,1-5H3. The van der Waals surface area contributed by atoms with Gasteiger partial charge in [0.2, 0.25) is 0 Å². The van der Waals surface area contributed by atoms with E-state index >= 15 is 0 Å². The fourth-order valence-electron chi connectivity index (χ4n) is 3.12. The third kappa shape index (κ3) is 2.91. The van der Waals surface area contributed by atoms with Crippen LogP contribution in [0.2, 0.25) is 0 Å². The van der Waals surface area contributed by atoms with Gasteiger partial charge in [-0.15, -0.1) is 0 Å². The number of hydrogen-bond donors (Lipinski definition) is 0. The minimum atomic E-state index is -0.360. The van der Waals surface area contributed by atoms with Gasteiger partial charge < -0.3 is 14.0 Å². The molecule has 1 heterocycles. The Balaban J connectivity index is 1.88. The summed E-state index contributed by atoms with van der Waals surface area (Å²) in [5.74, 6) is 0.913. The molecule has 0 N–H and O–H groups in total. The van der Waals surface area contributed by atoms with Gasteiger partial charge in [-0.1, -0.05) is 17.7 Å². The highest BCUT2D eigenvalue weighted by Crippen LogP contribution is 2.37. The van der Waals surface area contributed by atoms with Gasteiger partial charge >= 0.3 is 7.12 Å². The van der Waals surface area contributed by atoms with Crippen LogP contribution >= 0.6 is 0 Å². The molecule has 1 aliphatic heterocycles. The SMILES string of the molecule is Cc1ccc(OC2CCCC2)c(B2OC(C)(C)C(C)(C)O2)c1. The zero-order valence-corrected chi connectivity index (χ0v) is 14.4. The van der Waals surface area contributed by atoms with Crippen molar-refractivity contribution in [1.29, 1.82) is 0 Å². The molecule has 0 amide bonds. The van der Waals surface area contributed by atoms with E-state index in [0.717, 1.165) is 24.1 Å². The Morgan fingerprint density at radius 2 is 1.64 bits per heavy atom. The van der Waals surface area contributed by atoms with Crippen molar-refractivity contribution < 1.29 is 14.0 Å². The number of rotatable bonds is 3. The van der Waals surface area contributed by atoms with Crippen LogP contribution in [0, 0.1) is 6.92 Å². The molecule has 2 aliphatic rings. The molecule has 0 radical (unpaired) electrons. The third-order valence-corrected chi connectivity index (χ3v) is 5.27. The summed E-state index contributed by atoms with van der Waals surface area (Å²) < 4.78 is 18.7. The maximum absolute atomic E-state index is 6.25. The summed E-state index contributed by atoms with van der Waals surface area (Å²) >= 11 is 0. The van der Waals surface area contributed by atoms with E-state index in [1.165, 1.54) is 18.4 Å². The second kappa shape index (κ2) is 5.57. The fourth-order valence-corrected chi connectivity index (χ4v) is 3.12. The molecule has 1 aromatic rings. The Morgan fingerprint density at radius 3 is 2.23 bits per heavy atom. The molecular formula is C18H27BO3. The average Bonchev–Trinajstić information content (AvgIpc) is 2.99. The Morgan fingerprint density at radius 1 is 1.05 bits per heavy atom. The molecule has 0 bridgehead atoms. The van der Waals surface area contributed by atoms with E-state index in [9.17, 15) is 0 Å². The van der Waals surface area contributed by atoms with Gasteiger partial charge in [-0.05, 0) is 66.4 Å². The lowest BCUT2D eigenvalue weighted by atomic mass is 9.77. The molecule has 120 valence electrons. The lowest BCUT2D eigenvalue weighted by Crippen LogP contribution is -2.41. The summed E-state index contributed by atoms with van der Waals surface area (Å²) in [5, 5.41) is 0. The van der Waals surface area contributed by atoms with Gasteiger partial charge in [-0.3, -0.25) is 0 Å². The van der Waals surface area contributed by atoms with Gasteiger partial charge in [0.25, 0.3) is 0 Å². The summed E-state index contributed by atoms with van der Waals surface area (Å²) in [6, 6.07) is 6.29. The van der Waals surface area contributed by atoms with Gasteiger partial charge in [0, 0.05) is 5.46 Å². The van der Waals surface area contributed by atoms with E-state index in [1.54, 1.807) is 0 Å². The largest absolute Gasteiger partial charge is 0.498 e. The van der Waals surface area contributed by atoms with Crippen molar-refractivity contribution in [3.8, 4) is 5.75 Å². The van der Waals surface area contributed by atoms with Crippen molar-refractivity contribution in [2.45, 2.75) is 77.6 Å². The van der Waals surface area contributed by atoms with E-state index in [1.807, 2.05) is 0 Å². The molecule has 0 spiro atoms. The van der Waals surface area contributed by atoms with Crippen LogP contribution in [0.15, 0.2) is 18.2 Å². The lowest BCUT2D eigenvalue weighted by Gasteiger charge is -2.32. The molecule has 1 saturated carbocycles. The van der Waals surface area contributed by atoms with Gasteiger partial charge in [0.1, 0.15) is 5.75 Å². The predicted molar refractivity (Wildman–Crippen MR) is 89.8 cm³/mol. The number of benzene rings is 1. The van der Waals surface area contributed by atoms with E-state index < -0.39 is 0 Å². The summed E-state index contributed by atoms with van der Waals surface area (Å²) in [4.78, 5) is 0. The molecule has 22 heavy (non-hydrogen) atoms. The van der Waals surface area contributed by atoms with Crippen LogP contribution in [0.4, 0.5) is 0 Å². The topological polar surface area (TPSA) is 27.7 Å². The van der Waals surface area contributed by atoms with Gasteiger partial charge in [-0.25, -0.2) is 0 Å². The highest BCUT2D eigenvalue weighted by Gasteiger charge is 2.52. The lowest BCUT2D eigenvalue weighted by molar-refractivity contribution is 0.00578. The molecule has 0 aromatic heterocycles. The summed E-state index contributed by atoms with van der Waals surface area (Å²) in [7, 11) is -0.360. The molecule has 3 nitrogen and oxygen atoms in total. The Bertz CT molecular complexity index is 531. The van der Waals surface area contributed by atoms with E-state index in [-0.39, 0.29) is 18.3 Å². The normalized spacial score (nSPS) is 24.0. The van der Waals surface area contributed by atoms with Crippen LogP contribution in [0.5, 0.6) is 5.75 Å². The summed E-state index contributed by atoms with van der Waals surface area (Å²) in [6.07, 6.45) is 5.17. The zero-order valence-electron chi connectivity index (χ0n) is 14.4. The Hall–Kier alpha value is -0.995. The van der Waals surface area contributed by atoms with E-state index in [4.69, 9.17) is 14.0 Å². The minimum absolute atomic E-state index is 0.327. The van der Waals surface area contributed by atoms with Crippen LogP contribution in [0.25, 0.3) is 0 Å². The summed E-state index contributed by atoms with van der Waals surface area (Å²) in [5.41, 5.74) is 1.56. The van der Waals surface area contributed by atoms with Crippen molar-refractivity contribution in [2.24, 2.45) is 0 Å². The van der Waals surface area contributed by atoms with Crippen molar-refractivity contribution in [3.05, 3.63) is 23.8 Å². The highest BCUT2D eigenvalue weighted by molar-refractivity contribution is 6.63. The van der Waals surface area contributed by atoms with Crippen molar-refractivity contribution in [2.75, 3.05) is 0 Å². The highest BCUT2D eigenvalue weighted by atomic mass is 16.7. The number of hydrogen-bond acceptors (Lipinski definition) is 3. The Labute approximate surface area is 134 Å². The monoisotopic (exact) mass is 302 g/mol. The number of aryl methyl sites for hydroxylation is 1. The van der Waals surface area contributed by atoms with E-state index in [2.05, 4.69) is 52.8 Å². The first-order valence-corrected chi connectivity index (χ1v) is 8.41. The molecule has 1 aliphatic carbocycles. The molecule has 1 aromatic carbocycles. The Kier molecular flexibility index (Phi) is 4.02. The molecule has 1 saturated heterocycles. The fraction of sp³-hybridized carbons (Fsp3) is 0.667. The molecular weight excluding hydrogens is 275 g/mol. The van der Waals surface area contributed by atoms with Gasteiger partial charge in [-0.2, -0.15) is 0 Å². The summed E-state index contributed by atoms with van der Waals surface area (Å²) in [6.45, 7) is 10.4. The van der Waals surface area contributed by atoms with Crippen LogP contribution in [-0.2, 0) is 9.31 Å². The van der Waals surface area contributed by atoms with Crippen molar-refractivity contribution >= 4 is 12.6 Å². The quantitative estimate of drug-likeness (QED) is 0.798. The molecule has 3 rings (SSSR count). The predicted octanol–water partition coefficient (Wildman–Crippen LogP) is 3.62. The minimum Gasteiger partial charge on any atom is -0.491 e. The second-order valence-electron chi connectivity index (χ2n) is 7.65. The van der Waals surface area contributed by atoms with Gasteiger partial charge in [0.05, 0.1) is 17.3 Å². The first-order valence-electron chi connectivity index (χ1n) is 8.41. The van der Waals surface area contributed by atoms with Gasteiger partial charge in [0.15, 0.2) is 0 Å². The van der Waals surface area contributed by atoms with E-state index in [0.29, 0.717) is 6.10 Å². The first kappa shape index (κ1) is 15.9. The zero-order chi connectivity index (χ0) is 16.0. The molecule has 4 heteroatoms. The third-order valence-electron chi connectivity index (χ3n) is 5.27. The average molecular weight is 302 g/mol. The maximum Gasteiger partial charge on any atom is 0.498 e. The second-order valence-corrected chi connectivity index (χ2v) is 7.65. The smallest absolute Gasteiger partial charge is 0.491 e.